The van der Waals surface area contributed by atoms with E-state index in [1.165, 1.54) is 0 Å². The van der Waals surface area contributed by atoms with Crippen molar-refractivity contribution in [2.75, 3.05) is 7.11 Å². The van der Waals surface area contributed by atoms with Gasteiger partial charge in [-0.2, -0.15) is 0 Å². The lowest BCUT2D eigenvalue weighted by molar-refractivity contribution is 0.103. The summed E-state index contributed by atoms with van der Waals surface area (Å²) in [6.45, 7) is 6.26. The number of hydrogen-bond donors (Lipinski definition) is 1. The quantitative estimate of drug-likeness (QED) is 0.826. The average Bonchev–Trinajstić information content (AvgIpc) is 2.30. The number of benzene rings is 1. The van der Waals surface area contributed by atoms with Gasteiger partial charge in [0.2, 0.25) is 0 Å². The molecular formula is C14H22O2. The largest absolute Gasteiger partial charge is 0.497 e. The number of aliphatic hydroxyl groups is 1. The van der Waals surface area contributed by atoms with Crippen LogP contribution in [0.15, 0.2) is 18.2 Å². The van der Waals surface area contributed by atoms with E-state index in [0.29, 0.717) is 5.92 Å². The van der Waals surface area contributed by atoms with E-state index in [4.69, 9.17) is 4.74 Å². The number of aliphatic hydroxyl groups excluding tert-OH is 1. The van der Waals surface area contributed by atoms with Crippen LogP contribution in [0.3, 0.4) is 0 Å². The van der Waals surface area contributed by atoms with E-state index >= 15 is 0 Å². The standard InChI is InChI=1S/C14H22O2/c1-5-11(6-2)14(15)13-8-7-12(16-4)9-10(13)3/h7-9,11,14-15H,5-6H2,1-4H3. The van der Waals surface area contributed by atoms with Crippen LogP contribution in [0, 0.1) is 12.8 Å². The van der Waals surface area contributed by atoms with Crippen LogP contribution < -0.4 is 4.74 Å². The summed E-state index contributed by atoms with van der Waals surface area (Å²) in [6.07, 6.45) is 1.65. The first-order valence-electron chi connectivity index (χ1n) is 5.96. The number of aryl methyl sites for hydroxylation is 1. The van der Waals surface area contributed by atoms with Crippen molar-refractivity contribution < 1.29 is 9.84 Å². The lowest BCUT2D eigenvalue weighted by atomic mass is 9.89. The van der Waals surface area contributed by atoms with Crippen molar-refractivity contribution in [3.05, 3.63) is 29.3 Å². The van der Waals surface area contributed by atoms with E-state index in [9.17, 15) is 5.11 Å². The van der Waals surface area contributed by atoms with E-state index in [2.05, 4.69) is 13.8 Å². The maximum atomic E-state index is 10.3. The molecule has 1 atom stereocenters. The Morgan fingerprint density at radius 2 is 1.88 bits per heavy atom. The summed E-state index contributed by atoms with van der Waals surface area (Å²) in [5.74, 6) is 1.19. The van der Waals surface area contributed by atoms with Crippen LogP contribution in [0.1, 0.15) is 43.9 Å². The fourth-order valence-corrected chi connectivity index (χ4v) is 2.10. The van der Waals surface area contributed by atoms with Gasteiger partial charge in [-0.25, -0.2) is 0 Å². The smallest absolute Gasteiger partial charge is 0.119 e. The van der Waals surface area contributed by atoms with Gasteiger partial charge in [0.05, 0.1) is 13.2 Å². The molecule has 0 heterocycles. The van der Waals surface area contributed by atoms with Gasteiger partial charge in [-0.15, -0.1) is 0 Å². The molecule has 1 N–H and O–H groups in total. The molecule has 90 valence electrons. The minimum absolute atomic E-state index is 0.340. The van der Waals surface area contributed by atoms with Gasteiger partial charge < -0.3 is 9.84 Å². The van der Waals surface area contributed by atoms with E-state index in [-0.39, 0.29) is 6.10 Å². The molecule has 2 heteroatoms. The summed E-state index contributed by atoms with van der Waals surface area (Å²) < 4.78 is 5.16. The summed E-state index contributed by atoms with van der Waals surface area (Å²) in [5.41, 5.74) is 2.12. The lowest BCUT2D eigenvalue weighted by Gasteiger charge is -2.22. The molecule has 1 unspecified atom stereocenters. The minimum atomic E-state index is -0.360. The molecule has 0 aliphatic carbocycles. The third-order valence-corrected chi connectivity index (χ3v) is 3.29. The van der Waals surface area contributed by atoms with E-state index < -0.39 is 0 Å². The van der Waals surface area contributed by atoms with Gasteiger partial charge in [-0.05, 0) is 36.1 Å². The molecule has 1 aromatic carbocycles. The maximum Gasteiger partial charge on any atom is 0.119 e. The summed E-state index contributed by atoms with van der Waals surface area (Å²) in [4.78, 5) is 0. The monoisotopic (exact) mass is 222 g/mol. The number of ether oxygens (including phenoxy) is 1. The van der Waals surface area contributed by atoms with E-state index in [1.807, 2.05) is 25.1 Å². The molecular weight excluding hydrogens is 200 g/mol. The predicted octanol–water partition coefficient (Wildman–Crippen LogP) is 3.47. The molecule has 0 aliphatic heterocycles. The van der Waals surface area contributed by atoms with Gasteiger partial charge in [0.1, 0.15) is 5.75 Å². The second-order valence-electron chi connectivity index (χ2n) is 4.24. The Bertz CT molecular complexity index is 330. The first-order valence-corrected chi connectivity index (χ1v) is 5.96. The molecule has 1 aromatic rings. The second kappa shape index (κ2) is 5.90. The van der Waals surface area contributed by atoms with Crippen LogP contribution in [-0.4, -0.2) is 12.2 Å². The molecule has 16 heavy (non-hydrogen) atoms. The van der Waals surface area contributed by atoms with Crippen molar-refractivity contribution >= 4 is 0 Å². The fraction of sp³-hybridized carbons (Fsp3) is 0.571. The third kappa shape index (κ3) is 2.76. The first-order chi connectivity index (χ1) is 7.63. The zero-order valence-electron chi connectivity index (χ0n) is 10.7. The topological polar surface area (TPSA) is 29.5 Å². The minimum Gasteiger partial charge on any atom is -0.497 e. The molecule has 0 aliphatic rings. The summed E-state index contributed by atoms with van der Waals surface area (Å²) in [5, 5.41) is 10.3. The van der Waals surface area contributed by atoms with E-state index in [0.717, 1.165) is 29.7 Å². The zero-order chi connectivity index (χ0) is 12.1. The first kappa shape index (κ1) is 13.0. The van der Waals surface area contributed by atoms with Gasteiger partial charge >= 0.3 is 0 Å². The molecule has 0 bridgehead atoms. The normalized spacial score (nSPS) is 12.9. The van der Waals surface area contributed by atoms with Gasteiger partial charge in [-0.3, -0.25) is 0 Å². The highest BCUT2D eigenvalue weighted by atomic mass is 16.5. The molecule has 0 saturated carbocycles. The Kier molecular flexibility index (Phi) is 4.81. The van der Waals surface area contributed by atoms with Crippen LogP contribution in [0.2, 0.25) is 0 Å². The fourth-order valence-electron chi connectivity index (χ4n) is 2.10. The van der Waals surface area contributed by atoms with Crippen LogP contribution in [0.5, 0.6) is 5.75 Å². The third-order valence-electron chi connectivity index (χ3n) is 3.29. The van der Waals surface area contributed by atoms with Crippen LogP contribution in [0.25, 0.3) is 0 Å². The molecule has 1 rings (SSSR count). The Hall–Kier alpha value is -1.02. The van der Waals surface area contributed by atoms with Gasteiger partial charge in [-0.1, -0.05) is 32.8 Å². The van der Waals surface area contributed by atoms with Crippen molar-refractivity contribution in [3.63, 3.8) is 0 Å². The summed E-state index contributed by atoms with van der Waals surface area (Å²) >= 11 is 0. The molecule has 0 fully saturated rings. The van der Waals surface area contributed by atoms with Crippen molar-refractivity contribution in [1.29, 1.82) is 0 Å². The number of methoxy groups -OCH3 is 1. The zero-order valence-corrected chi connectivity index (χ0v) is 10.7. The summed E-state index contributed by atoms with van der Waals surface area (Å²) in [6, 6.07) is 5.85. The van der Waals surface area contributed by atoms with Gasteiger partial charge in [0.25, 0.3) is 0 Å². The van der Waals surface area contributed by atoms with Crippen molar-refractivity contribution in [1.82, 2.24) is 0 Å². The molecule has 0 radical (unpaired) electrons. The van der Waals surface area contributed by atoms with Crippen molar-refractivity contribution in [2.24, 2.45) is 5.92 Å². The molecule has 2 nitrogen and oxygen atoms in total. The average molecular weight is 222 g/mol. The Labute approximate surface area is 98.3 Å². The summed E-state index contributed by atoms with van der Waals surface area (Å²) in [7, 11) is 1.66. The number of rotatable bonds is 5. The Balaban J connectivity index is 2.95. The molecule has 0 amide bonds. The lowest BCUT2D eigenvalue weighted by Crippen LogP contribution is -2.12. The van der Waals surface area contributed by atoms with Gasteiger partial charge in [0.15, 0.2) is 0 Å². The van der Waals surface area contributed by atoms with Gasteiger partial charge in [0, 0.05) is 0 Å². The van der Waals surface area contributed by atoms with Crippen LogP contribution >= 0.6 is 0 Å². The second-order valence-corrected chi connectivity index (χ2v) is 4.24. The predicted molar refractivity (Wildman–Crippen MR) is 66.8 cm³/mol. The molecule has 0 aromatic heterocycles. The Morgan fingerprint density at radius 3 is 2.31 bits per heavy atom. The highest BCUT2D eigenvalue weighted by molar-refractivity contribution is 5.36. The highest BCUT2D eigenvalue weighted by Crippen LogP contribution is 2.30. The van der Waals surface area contributed by atoms with Crippen LogP contribution in [-0.2, 0) is 0 Å². The molecule has 0 spiro atoms. The maximum absolute atomic E-state index is 10.3. The highest BCUT2D eigenvalue weighted by Gasteiger charge is 2.19. The molecule has 0 saturated heterocycles. The Morgan fingerprint density at radius 1 is 1.25 bits per heavy atom. The number of hydrogen-bond acceptors (Lipinski definition) is 2. The SMILES string of the molecule is CCC(CC)C(O)c1ccc(OC)cc1C. The van der Waals surface area contributed by atoms with Crippen molar-refractivity contribution in [2.45, 2.75) is 39.7 Å². The van der Waals surface area contributed by atoms with Crippen molar-refractivity contribution in [3.8, 4) is 5.75 Å². The van der Waals surface area contributed by atoms with Crippen LogP contribution in [0.4, 0.5) is 0 Å². The van der Waals surface area contributed by atoms with E-state index in [1.54, 1.807) is 7.11 Å².